The quantitative estimate of drug-likeness (QED) is 0.477. The van der Waals surface area contributed by atoms with Crippen molar-refractivity contribution >= 4 is 30.3 Å². The molecule has 0 aliphatic heterocycles. The van der Waals surface area contributed by atoms with Gasteiger partial charge in [0.05, 0.1) is 0 Å². The third-order valence-electron chi connectivity index (χ3n) is 2.28. The van der Waals surface area contributed by atoms with Gasteiger partial charge in [0.2, 0.25) is 0 Å². The maximum absolute atomic E-state index is 11.4. The molecule has 0 unspecified atom stereocenters. The Morgan fingerprint density at radius 3 is 2.33 bits per heavy atom. The van der Waals surface area contributed by atoms with Crippen LogP contribution in [0.2, 0.25) is 0 Å². The van der Waals surface area contributed by atoms with E-state index < -0.39 is 23.9 Å². The van der Waals surface area contributed by atoms with Crippen molar-refractivity contribution in [2.45, 2.75) is 26.3 Å². The minimum absolute atomic E-state index is 0. The van der Waals surface area contributed by atoms with Crippen molar-refractivity contribution in [2.24, 2.45) is 5.73 Å². The highest BCUT2D eigenvalue weighted by Gasteiger charge is 2.18. The van der Waals surface area contributed by atoms with Gasteiger partial charge in [-0.2, -0.15) is 0 Å². The second-order valence-electron chi connectivity index (χ2n) is 4.12. The van der Waals surface area contributed by atoms with Gasteiger partial charge in [-0.1, -0.05) is 6.07 Å². The van der Waals surface area contributed by atoms with Gasteiger partial charge in [-0.3, -0.25) is 9.59 Å². The number of hydrogen-bond acceptors (Lipinski definition) is 7. The molecule has 116 valence electrons. The summed E-state index contributed by atoms with van der Waals surface area (Å²) in [5, 5.41) is 9.65. The highest BCUT2D eigenvalue weighted by atomic mass is 35.5. The molecule has 0 aromatic heterocycles. The van der Waals surface area contributed by atoms with Gasteiger partial charge >= 0.3 is 17.9 Å². The normalized spacial score (nSPS) is 11.0. The van der Waals surface area contributed by atoms with Crippen LogP contribution in [0.15, 0.2) is 18.2 Å². The van der Waals surface area contributed by atoms with Crippen LogP contribution >= 0.6 is 12.4 Å². The Bertz CT molecular complexity index is 545. The van der Waals surface area contributed by atoms with Crippen molar-refractivity contribution in [3.63, 3.8) is 0 Å². The largest absolute Gasteiger partial charge is 0.504 e. The van der Waals surface area contributed by atoms with Gasteiger partial charge in [0, 0.05) is 13.8 Å². The molecule has 0 saturated heterocycles. The lowest BCUT2D eigenvalue weighted by Gasteiger charge is -2.11. The van der Waals surface area contributed by atoms with Gasteiger partial charge in [-0.15, -0.1) is 12.4 Å². The number of nitrogens with two attached hydrogens (primary N) is 1. The first kappa shape index (κ1) is 18.9. The third kappa shape index (κ3) is 6.24. The molecule has 0 bridgehead atoms. The number of phenols is 1. The van der Waals surface area contributed by atoms with E-state index in [4.69, 9.17) is 10.5 Å². The molecule has 0 saturated carbocycles. The monoisotopic (exact) mass is 317 g/mol. The van der Waals surface area contributed by atoms with Crippen LogP contribution in [0.25, 0.3) is 0 Å². The van der Waals surface area contributed by atoms with Gasteiger partial charge in [0.15, 0.2) is 11.5 Å². The summed E-state index contributed by atoms with van der Waals surface area (Å²) in [7, 11) is 0. The lowest BCUT2D eigenvalue weighted by atomic mass is 10.1. The summed E-state index contributed by atoms with van der Waals surface area (Å²) in [6, 6.07) is 3.21. The molecule has 1 aromatic carbocycles. The molecule has 0 spiro atoms. The van der Waals surface area contributed by atoms with Gasteiger partial charge in [-0.05, 0) is 24.1 Å². The first-order valence-corrected chi connectivity index (χ1v) is 5.77. The molecule has 8 heteroatoms. The molecule has 0 amide bonds. The SMILES string of the molecule is CC(=O)OC(=O)[C@@H](N)Cc1ccc(OC(C)=O)c(O)c1.Cl. The molecule has 1 atom stereocenters. The predicted octanol–water partition coefficient (Wildman–Crippen LogP) is 0.699. The van der Waals surface area contributed by atoms with Crippen molar-refractivity contribution in [3.8, 4) is 11.5 Å². The topological polar surface area (TPSA) is 116 Å². The zero-order chi connectivity index (χ0) is 15.3. The Hall–Kier alpha value is -2.12. The Morgan fingerprint density at radius 1 is 1.24 bits per heavy atom. The Morgan fingerprint density at radius 2 is 1.86 bits per heavy atom. The van der Waals surface area contributed by atoms with Crippen LogP contribution in [0, 0.1) is 0 Å². The van der Waals surface area contributed by atoms with E-state index in [0.717, 1.165) is 6.92 Å². The smallest absolute Gasteiger partial charge is 0.330 e. The highest BCUT2D eigenvalue weighted by Crippen LogP contribution is 2.27. The first-order chi connectivity index (χ1) is 9.29. The summed E-state index contributed by atoms with van der Waals surface area (Å²) < 4.78 is 9.10. The Balaban J connectivity index is 0.00000400. The van der Waals surface area contributed by atoms with Crippen LogP contribution in [0.3, 0.4) is 0 Å². The van der Waals surface area contributed by atoms with E-state index in [1.54, 1.807) is 6.07 Å². The van der Waals surface area contributed by atoms with Crippen molar-refractivity contribution in [3.05, 3.63) is 23.8 Å². The Kier molecular flexibility index (Phi) is 7.40. The van der Waals surface area contributed by atoms with Crippen molar-refractivity contribution in [1.29, 1.82) is 0 Å². The molecular weight excluding hydrogens is 302 g/mol. The molecule has 0 aliphatic rings. The zero-order valence-electron chi connectivity index (χ0n) is 11.5. The van der Waals surface area contributed by atoms with Gasteiger partial charge in [0.1, 0.15) is 6.04 Å². The van der Waals surface area contributed by atoms with E-state index in [1.165, 1.54) is 19.1 Å². The van der Waals surface area contributed by atoms with E-state index in [0.29, 0.717) is 5.56 Å². The van der Waals surface area contributed by atoms with E-state index >= 15 is 0 Å². The second kappa shape index (κ2) is 8.23. The number of benzene rings is 1. The number of hydrogen-bond donors (Lipinski definition) is 2. The number of ether oxygens (including phenoxy) is 2. The highest BCUT2D eigenvalue weighted by molar-refractivity contribution is 5.87. The number of halogens is 1. The van der Waals surface area contributed by atoms with Gasteiger partial charge < -0.3 is 20.3 Å². The number of phenolic OH excluding ortho intramolecular Hbond substituents is 1. The van der Waals surface area contributed by atoms with Crippen molar-refractivity contribution in [1.82, 2.24) is 0 Å². The van der Waals surface area contributed by atoms with Crippen LogP contribution in [0.1, 0.15) is 19.4 Å². The zero-order valence-corrected chi connectivity index (χ0v) is 12.3. The summed E-state index contributed by atoms with van der Waals surface area (Å²) >= 11 is 0. The summed E-state index contributed by atoms with van der Waals surface area (Å²) in [5.41, 5.74) is 6.11. The predicted molar refractivity (Wildman–Crippen MR) is 75.1 cm³/mol. The number of aromatic hydroxyl groups is 1. The molecule has 1 rings (SSSR count). The second-order valence-corrected chi connectivity index (χ2v) is 4.12. The average molecular weight is 318 g/mol. The molecule has 3 N–H and O–H groups in total. The summed E-state index contributed by atoms with van der Waals surface area (Å²) in [4.78, 5) is 32.8. The lowest BCUT2D eigenvalue weighted by Crippen LogP contribution is -2.35. The van der Waals surface area contributed by atoms with E-state index in [9.17, 15) is 19.5 Å². The molecule has 0 heterocycles. The van der Waals surface area contributed by atoms with E-state index in [2.05, 4.69) is 4.74 Å². The van der Waals surface area contributed by atoms with Gasteiger partial charge in [-0.25, -0.2) is 4.79 Å². The fraction of sp³-hybridized carbons (Fsp3) is 0.308. The standard InChI is InChI=1S/C13H15NO6.ClH/c1-7(15)19-12-4-3-9(6-11(12)17)5-10(14)13(18)20-8(2)16;/h3-4,6,10,17H,5,14H2,1-2H3;1H/t10-;/m0./s1. The summed E-state index contributed by atoms with van der Waals surface area (Å²) in [6.45, 7) is 2.31. The summed E-state index contributed by atoms with van der Waals surface area (Å²) in [6.07, 6.45) is 0.0695. The Labute approximate surface area is 127 Å². The fourth-order valence-corrected chi connectivity index (χ4v) is 1.49. The summed E-state index contributed by atoms with van der Waals surface area (Å²) in [5.74, 6) is -2.37. The van der Waals surface area contributed by atoms with E-state index in [1.807, 2.05) is 0 Å². The minimum Gasteiger partial charge on any atom is -0.504 e. The van der Waals surface area contributed by atoms with Crippen molar-refractivity contribution in [2.75, 3.05) is 0 Å². The van der Waals surface area contributed by atoms with Crippen LogP contribution in [0.5, 0.6) is 11.5 Å². The van der Waals surface area contributed by atoms with Crippen LogP contribution in [-0.2, 0) is 25.5 Å². The lowest BCUT2D eigenvalue weighted by molar-refractivity contribution is -0.159. The van der Waals surface area contributed by atoms with Crippen molar-refractivity contribution < 1.29 is 29.0 Å². The van der Waals surface area contributed by atoms with Gasteiger partial charge in [0.25, 0.3) is 0 Å². The maximum atomic E-state index is 11.4. The maximum Gasteiger partial charge on any atom is 0.330 e. The molecule has 0 fully saturated rings. The number of esters is 3. The molecule has 1 aromatic rings. The van der Waals surface area contributed by atoms with E-state index in [-0.39, 0.29) is 30.3 Å². The average Bonchev–Trinajstić information content (AvgIpc) is 2.31. The third-order valence-corrected chi connectivity index (χ3v) is 2.28. The molecule has 7 nitrogen and oxygen atoms in total. The molecule has 0 radical (unpaired) electrons. The molecule has 21 heavy (non-hydrogen) atoms. The number of carbonyl (C=O) groups excluding carboxylic acids is 3. The molecular formula is C13H16ClNO6. The number of carbonyl (C=O) groups is 3. The first-order valence-electron chi connectivity index (χ1n) is 5.77. The fourth-order valence-electron chi connectivity index (χ4n) is 1.49. The van der Waals surface area contributed by atoms with Crippen LogP contribution in [-0.4, -0.2) is 29.1 Å². The minimum atomic E-state index is -1.03. The van der Waals surface area contributed by atoms with Crippen LogP contribution < -0.4 is 10.5 Å². The van der Waals surface area contributed by atoms with Crippen LogP contribution in [0.4, 0.5) is 0 Å². The number of rotatable bonds is 4. The molecule has 0 aliphatic carbocycles.